The average molecular weight is 297 g/mol. The van der Waals surface area contributed by atoms with Gasteiger partial charge in [0.2, 0.25) is 0 Å². The lowest BCUT2D eigenvalue weighted by molar-refractivity contribution is 0.0248. The Morgan fingerprint density at radius 2 is 1.67 bits per heavy atom. The third-order valence-electron chi connectivity index (χ3n) is 4.29. The molecule has 3 rings (SSSR count). The molecule has 0 unspecified atom stereocenters. The van der Waals surface area contributed by atoms with Gasteiger partial charge in [-0.2, -0.15) is 0 Å². The molecule has 1 aromatic rings. The van der Waals surface area contributed by atoms with E-state index in [2.05, 4.69) is 5.32 Å². The summed E-state index contributed by atoms with van der Waals surface area (Å²) < 4.78 is 38.5. The summed E-state index contributed by atoms with van der Waals surface area (Å²) in [6, 6.07) is 2.53. The maximum absolute atomic E-state index is 13.6. The summed E-state index contributed by atoms with van der Waals surface area (Å²) in [4.78, 5) is 0. The molecule has 2 aliphatic heterocycles. The normalized spacial score (nSPS) is 21.4. The van der Waals surface area contributed by atoms with Crippen LogP contribution in [-0.2, 0) is 4.74 Å². The van der Waals surface area contributed by atoms with Crippen molar-refractivity contribution < 1.29 is 18.3 Å². The van der Waals surface area contributed by atoms with Crippen molar-refractivity contribution in [2.45, 2.75) is 37.7 Å². The van der Waals surface area contributed by atoms with Crippen LogP contribution in [0.25, 0.3) is 0 Å². The third kappa shape index (κ3) is 3.52. The lowest BCUT2D eigenvalue weighted by Crippen LogP contribution is -2.29. The molecule has 2 fully saturated rings. The van der Waals surface area contributed by atoms with Crippen LogP contribution in [0.4, 0.5) is 8.78 Å². The zero-order chi connectivity index (χ0) is 14.7. The fraction of sp³-hybridized carbons (Fsp3) is 0.625. The fourth-order valence-electron chi connectivity index (χ4n) is 3.07. The highest BCUT2D eigenvalue weighted by atomic mass is 19.2. The molecule has 2 heterocycles. The van der Waals surface area contributed by atoms with E-state index in [9.17, 15) is 8.78 Å². The molecule has 0 saturated carbocycles. The van der Waals surface area contributed by atoms with Gasteiger partial charge in [-0.1, -0.05) is 0 Å². The maximum atomic E-state index is 13.6. The van der Waals surface area contributed by atoms with Crippen molar-refractivity contribution >= 4 is 0 Å². The van der Waals surface area contributed by atoms with Gasteiger partial charge < -0.3 is 14.8 Å². The molecule has 21 heavy (non-hydrogen) atoms. The summed E-state index contributed by atoms with van der Waals surface area (Å²) in [7, 11) is 0. The van der Waals surface area contributed by atoms with E-state index in [1.54, 1.807) is 0 Å². The van der Waals surface area contributed by atoms with E-state index in [0.717, 1.165) is 44.3 Å². The Labute approximate surface area is 123 Å². The van der Waals surface area contributed by atoms with E-state index in [0.29, 0.717) is 19.0 Å². The van der Waals surface area contributed by atoms with Crippen molar-refractivity contribution in [3.05, 3.63) is 29.3 Å². The molecular formula is C16H21F2NO2. The van der Waals surface area contributed by atoms with Gasteiger partial charge in [-0.25, -0.2) is 8.78 Å². The minimum atomic E-state index is -0.838. The van der Waals surface area contributed by atoms with Gasteiger partial charge in [-0.05, 0) is 37.9 Å². The Balaban J connectivity index is 1.83. The Morgan fingerprint density at radius 3 is 2.38 bits per heavy atom. The van der Waals surface area contributed by atoms with Crippen LogP contribution in [0.2, 0.25) is 0 Å². The first-order valence-electron chi connectivity index (χ1n) is 7.68. The number of nitrogens with one attached hydrogen (secondary N) is 1. The highest BCUT2D eigenvalue weighted by Crippen LogP contribution is 2.35. The number of rotatable bonds is 3. The molecule has 5 heteroatoms. The summed E-state index contributed by atoms with van der Waals surface area (Å²) in [5.41, 5.74) is 0.807. The predicted molar refractivity (Wildman–Crippen MR) is 75.7 cm³/mol. The first kappa shape index (κ1) is 14.7. The predicted octanol–water partition coefficient (Wildman–Crippen LogP) is 2.99. The molecule has 0 spiro atoms. The number of benzene rings is 1. The second kappa shape index (κ2) is 6.71. The summed E-state index contributed by atoms with van der Waals surface area (Å²) in [5.74, 6) is -0.888. The van der Waals surface area contributed by atoms with Crippen LogP contribution in [0.3, 0.4) is 0 Å². The van der Waals surface area contributed by atoms with Crippen molar-refractivity contribution in [1.29, 1.82) is 0 Å². The second-order valence-electron chi connectivity index (χ2n) is 5.76. The van der Waals surface area contributed by atoms with E-state index < -0.39 is 11.6 Å². The SMILES string of the molecule is Fc1cc(OC2CCOCC2)c(C2CCNCC2)cc1F. The molecule has 2 aliphatic rings. The van der Waals surface area contributed by atoms with Crippen LogP contribution in [0, 0.1) is 11.6 Å². The van der Waals surface area contributed by atoms with Gasteiger partial charge in [-0.3, -0.25) is 0 Å². The first-order chi connectivity index (χ1) is 10.2. The Morgan fingerprint density at radius 1 is 1.00 bits per heavy atom. The van der Waals surface area contributed by atoms with Crippen LogP contribution >= 0.6 is 0 Å². The molecule has 0 radical (unpaired) electrons. The van der Waals surface area contributed by atoms with Crippen molar-refractivity contribution in [2.75, 3.05) is 26.3 Å². The summed E-state index contributed by atoms with van der Waals surface area (Å²) in [6.45, 7) is 3.13. The van der Waals surface area contributed by atoms with Crippen molar-refractivity contribution in [3.63, 3.8) is 0 Å². The highest BCUT2D eigenvalue weighted by Gasteiger charge is 2.24. The van der Waals surface area contributed by atoms with Crippen LogP contribution in [-0.4, -0.2) is 32.4 Å². The van der Waals surface area contributed by atoms with Crippen LogP contribution in [0.15, 0.2) is 12.1 Å². The molecule has 1 N–H and O–H groups in total. The summed E-state index contributed by atoms with van der Waals surface area (Å²) in [5, 5.41) is 3.29. The van der Waals surface area contributed by atoms with Gasteiger partial charge in [-0.15, -0.1) is 0 Å². The fourth-order valence-corrected chi connectivity index (χ4v) is 3.07. The van der Waals surface area contributed by atoms with Crippen LogP contribution < -0.4 is 10.1 Å². The first-order valence-corrected chi connectivity index (χ1v) is 7.68. The minimum Gasteiger partial charge on any atom is -0.490 e. The highest BCUT2D eigenvalue weighted by molar-refractivity contribution is 5.38. The molecule has 0 amide bonds. The summed E-state index contributed by atoms with van der Waals surface area (Å²) in [6.07, 6.45) is 3.48. The second-order valence-corrected chi connectivity index (χ2v) is 5.76. The van der Waals surface area contributed by atoms with Gasteiger partial charge in [0.05, 0.1) is 13.2 Å². The Hall–Kier alpha value is -1.20. The zero-order valence-corrected chi connectivity index (χ0v) is 12.0. The number of halogens is 2. The molecule has 0 aliphatic carbocycles. The molecule has 116 valence electrons. The van der Waals surface area contributed by atoms with Crippen LogP contribution in [0.5, 0.6) is 5.75 Å². The van der Waals surface area contributed by atoms with Gasteiger partial charge in [0.25, 0.3) is 0 Å². The zero-order valence-electron chi connectivity index (χ0n) is 12.0. The molecular weight excluding hydrogens is 276 g/mol. The quantitative estimate of drug-likeness (QED) is 0.930. The number of hydrogen-bond donors (Lipinski definition) is 1. The monoisotopic (exact) mass is 297 g/mol. The van der Waals surface area contributed by atoms with Gasteiger partial charge in [0.1, 0.15) is 11.9 Å². The minimum absolute atomic E-state index is 0.0316. The smallest absolute Gasteiger partial charge is 0.162 e. The Kier molecular flexibility index (Phi) is 4.70. The summed E-state index contributed by atoms with van der Waals surface area (Å²) >= 11 is 0. The molecule has 1 aromatic carbocycles. The average Bonchev–Trinajstić information content (AvgIpc) is 2.52. The molecule has 0 bridgehead atoms. The van der Waals surface area contributed by atoms with Crippen molar-refractivity contribution in [2.24, 2.45) is 0 Å². The van der Waals surface area contributed by atoms with E-state index in [1.807, 2.05) is 0 Å². The topological polar surface area (TPSA) is 30.5 Å². The lowest BCUT2D eigenvalue weighted by atomic mass is 9.89. The van der Waals surface area contributed by atoms with Gasteiger partial charge >= 0.3 is 0 Å². The number of piperidine rings is 1. The standard InChI is InChI=1S/C16H21F2NO2/c17-14-9-13(11-1-5-19-6-2-11)16(10-15(14)18)21-12-3-7-20-8-4-12/h9-12,19H,1-8H2. The molecule has 2 saturated heterocycles. The van der Waals surface area contributed by atoms with E-state index in [-0.39, 0.29) is 12.0 Å². The van der Waals surface area contributed by atoms with Crippen molar-refractivity contribution in [1.82, 2.24) is 5.32 Å². The molecule has 0 atom stereocenters. The number of hydrogen-bond acceptors (Lipinski definition) is 3. The van der Waals surface area contributed by atoms with Crippen LogP contribution in [0.1, 0.15) is 37.2 Å². The maximum Gasteiger partial charge on any atom is 0.162 e. The van der Waals surface area contributed by atoms with E-state index in [4.69, 9.17) is 9.47 Å². The van der Waals surface area contributed by atoms with Gasteiger partial charge in [0, 0.05) is 24.5 Å². The molecule has 0 aromatic heterocycles. The largest absolute Gasteiger partial charge is 0.490 e. The van der Waals surface area contributed by atoms with E-state index in [1.165, 1.54) is 12.1 Å². The lowest BCUT2D eigenvalue weighted by Gasteiger charge is -2.28. The Bertz CT molecular complexity index is 483. The molecule has 3 nitrogen and oxygen atoms in total. The van der Waals surface area contributed by atoms with Gasteiger partial charge in [0.15, 0.2) is 11.6 Å². The third-order valence-corrected chi connectivity index (χ3v) is 4.29. The van der Waals surface area contributed by atoms with Crippen molar-refractivity contribution in [3.8, 4) is 5.75 Å². The van der Waals surface area contributed by atoms with E-state index >= 15 is 0 Å². The number of ether oxygens (including phenoxy) is 2.